The van der Waals surface area contributed by atoms with Gasteiger partial charge in [0.25, 0.3) is 0 Å². The first-order valence-corrected chi connectivity index (χ1v) is 8.73. The number of hydrogen-bond acceptors (Lipinski definition) is 5. The Labute approximate surface area is 155 Å². The highest BCUT2D eigenvalue weighted by atomic mass is 19.1. The van der Waals surface area contributed by atoms with Gasteiger partial charge < -0.3 is 9.64 Å². The molecule has 1 amide bonds. The van der Waals surface area contributed by atoms with Crippen LogP contribution in [-0.2, 0) is 0 Å². The molecule has 4 rings (SSSR count). The first-order valence-electron chi connectivity index (χ1n) is 8.73. The van der Waals surface area contributed by atoms with E-state index in [1.807, 2.05) is 0 Å². The third kappa shape index (κ3) is 3.94. The smallest absolute Gasteiger partial charge is 0.409 e. The summed E-state index contributed by atoms with van der Waals surface area (Å²) in [7, 11) is 0. The number of piperidine rings is 1. The number of ether oxygens (including phenoxy) is 1. The number of nitrogens with zero attached hydrogens (tertiary/aromatic N) is 5. The molecular formula is C19H18FN5O2. The van der Waals surface area contributed by atoms with E-state index in [9.17, 15) is 9.18 Å². The lowest BCUT2D eigenvalue weighted by Crippen LogP contribution is -2.41. The Kier molecular flexibility index (Phi) is 4.78. The van der Waals surface area contributed by atoms with Crippen molar-refractivity contribution in [3.63, 3.8) is 0 Å². The fourth-order valence-electron chi connectivity index (χ4n) is 3.06. The molecule has 3 aromatic rings. The van der Waals surface area contributed by atoms with Crippen molar-refractivity contribution >= 4 is 6.09 Å². The second kappa shape index (κ2) is 7.53. The van der Waals surface area contributed by atoms with Gasteiger partial charge in [-0.2, -0.15) is 15.0 Å². The van der Waals surface area contributed by atoms with Crippen molar-refractivity contribution in [1.29, 1.82) is 0 Å². The molecule has 3 heterocycles. The van der Waals surface area contributed by atoms with Gasteiger partial charge in [0.1, 0.15) is 11.5 Å². The monoisotopic (exact) mass is 367 g/mol. The summed E-state index contributed by atoms with van der Waals surface area (Å²) in [5, 5.41) is 8.86. The molecule has 0 atom stereocenters. The molecule has 8 heteroatoms. The van der Waals surface area contributed by atoms with Crippen molar-refractivity contribution in [3.05, 3.63) is 60.8 Å². The van der Waals surface area contributed by atoms with Crippen molar-refractivity contribution in [3.8, 4) is 17.0 Å². The number of hydrogen-bond donors (Lipinski definition) is 0. The van der Waals surface area contributed by atoms with Crippen LogP contribution in [0.5, 0.6) is 5.75 Å². The van der Waals surface area contributed by atoms with Crippen LogP contribution >= 0.6 is 0 Å². The third-order valence-electron chi connectivity index (χ3n) is 4.54. The largest absolute Gasteiger partial charge is 0.415 e. The summed E-state index contributed by atoms with van der Waals surface area (Å²) in [5.74, 6) is 0.152. The van der Waals surface area contributed by atoms with Gasteiger partial charge >= 0.3 is 6.09 Å². The van der Waals surface area contributed by atoms with Crippen molar-refractivity contribution in [2.45, 2.75) is 18.9 Å². The summed E-state index contributed by atoms with van der Waals surface area (Å²) in [6, 6.07) is 9.70. The number of carbonyl (C=O) groups excluding carboxylic acids is 1. The van der Waals surface area contributed by atoms with Crippen LogP contribution in [0.2, 0.25) is 0 Å². The molecule has 0 N–H and O–H groups in total. The molecule has 7 nitrogen and oxygen atoms in total. The lowest BCUT2D eigenvalue weighted by Gasteiger charge is -2.30. The molecule has 27 heavy (non-hydrogen) atoms. The Morgan fingerprint density at radius 2 is 1.89 bits per heavy atom. The molecular weight excluding hydrogens is 349 g/mol. The SMILES string of the molecule is O=C(Oc1cccnc1)N1CCC(n2ncc(-c3ccc(F)cc3)n2)CC1. The number of pyridine rings is 1. The molecule has 0 saturated carbocycles. The number of rotatable bonds is 3. The van der Waals surface area contributed by atoms with Crippen LogP contribution in [0.25, 0.3) is 11.3 Å². The van der Waals surface area contributed by atoms with Crippen molar-refractivity contribution in [1.82, 2.24) is 24.9 Å². The zero-order valence-corrected chi connectivity index (χ0v) is 14.5. The van der Waals surface area contributed by atoms with Crippen LogP contribution in [0.1, 0.15) is 18.9 Å². The van der Waals surface area contributed by atoms with E-state index in [1.165, 1.54) is 18.3 Å². The average molecular weight is 367 g/mol. The van der Waals surface area contributed by atoms with Gasteiger partial charge in [0.15, 0.2) is 5.75 Å². The molecule has 0 radical (unpaired) electrons. The van der Waals surface area contributed by atoms with Crippen molar-refractivity contribution in [2.24, 2.45) is 0 Å². The molecule has 138 valence electrons. The predicted molar refractivity (Wildman–Crippen MR) is 95.5 cm³/mol. The van der Waals surface area contributed by atoms with Gasteiger partial charge in [-0.1, -0.05) is 0 Å². The molecule has 0 spiro atoms. The maximum absolute atomic E-state index is 13.1. The second-order valence-electron chi connectivity index (χ2n) is 6.33. The van der Waals surface area contributed by atoms with Crippen LogP contribution in [0, 0.1) is 5.82 Å². The predicted octanol–water partition coefficient (Wildman–Crippen LogP) is 3.32. The third-order valence-corrected chi connectivity index (χ3v) is 4.54. The fraction of sp³-hybridized carbons (Fsp3) is 0.263. The highest BCUT2D eigenvalue weighted by molar-refractivity contribution is 5.70. The zero-order chi connectivity index (χ0) is 18.6. The minimum Gasteiger partial charge on any atom is -0.409 e. The Bertz CT molecular complexity index is 905. The number of halogens is 1. The maximum Gasteiger partial charge on any atom is 0.415 e. The molecule has 1 fully saturated rings. The van der Waals surface area contributed by atoms with Gasteiger partial charge in [0.2, 0.25) is 0 Å². The second-order valence-corrected chi connectivity index (χ2v) is 6.33. The van der Waals surface area contributed by atoms with E-state index >= 15 is 0 Å². The maximum atomic E-state index is 13.1. The molecule has 0 aliphatic carbocycles. The molecule has 0 unspecified atom stereocenters. The van der Waals surface area contributed by atoms with E-state index in [1.54, 1.807) is 46.4 Å². The van der Waals surface area contributed by atoms with Crippen LogP contribution in [0.3, 0.4) is 0 Å². The van der Waals surface area contributed by atoms with Gasteiger partial charge in [-0.05, 0) is 49.2 Å². The van der Waals surface area contributed by atoms with Gasteiger partial charge in [-0.25, -0.2) is 9.18 Å². The molecule has 1 aliphatic heterocycles. The Morgan fingerprint density at radius 3 is 2.59 bits per heavy atom. The topological polar surface area (TPSA) is 73.1 Å². The van der Waals surface area contributed by atoms with Crippen LogP contribution in [-0.4, -0.2) is 44.1 Å². The lowest BCUT2D eigenvalue weighted by molar-refractivity contribution is 0.127. The first-order chi connectivity index (χ1) is 13.2. The summed E-state index contributed by atoms with van der Waals surface area (Å²) in [6.07, 6.45) is 5.91. The van der Waals surface area contributed by atoms with E-state index in [0.29, 0.717) is 24.5 Å². The number of amides is 1. The highest BCUT2D eigenvalue weighted by Crippen LogP contribution is 2.24. The summed E-state index contributed by atoms with van der Waals surface area (Å²) in [4.78, 5) is 19.5. The molecule has 1 saturated heterocycles. The quantitative estimate of drug-likeness (QED) is 0.710. The fourth-order valence-corrected chi connectivity index (χ4v) is 3.06. The number of likely N-dealkylation sites (tertiary alicyclic amines) is 1. The summed E-state index contributed by atoms with van der Waals surface area (Å²) >= 11 is 0. The molecule has 1 aromatic carbocycles. The average Bonchev–Trinajstić information content (AvgIpc) is 3.20. The minimum absolute atomic E-state index is 0.113. The van der Waals surface area contributed by atoms with Gasteiger partial charge in [-0.15, -0.1) is 0 Å². The van der Waals surface area contributed by atoms with Crippen molar-refractivity contribution in [2.75, 3.05) is 13.1 Å². The Balaban J connectivity index is 1.35. The number of benzene rings is 1. The van der Waals surface area contributed by atoms with Crippen molar-refractivity contribution < 1.29 is 13.9 Å². The summed E-state index contributed by atoms with van der Waals surface area (Å²) < 4.78 is 18.4. The Morgan fingerprint density at radius 1 is 1.11 bits per heavy atom. The number of carbonyl (C=O) groups is 1. The van der Waals surface area contributed by atoms with Gasteiger partial charge in [0, 0.05) is 24.8 Å². The van der Waals surface area contributed by atoms with Crippen LogP contribution in [0.4, 0.5) is 9.18 Å². The lowest BCUT2D eigenvalue weighted by atomic mass is 10.1. The van der Waals surface area contributed by atoms with Crippen LogP contribution in [0.15, 0.2) is 55.0 Å². The highest BCUT2D eigenvalue weighted by Gasteiger charge is 2.26. The molecule has 1 aliphatic rings. The van der Waals surface area contributed by atoms with E-state index in [2.05, 4.69) is 15.2 Å². The zero-order valence-electron chi connectivity index (χ0n) is 14.5. The summed E-state index contributed by atoms with van der Waals surface area (Å²) in [6.45, 7) is 1.13. The Hall–Kier alpha value is -3.29. The summed E-state index contributed by atoms with van der Waals surface area (Å²) in [5.41, 5.74) is 1.52. The minimum atomic E-state index is -0.373. The number of aromatic nitrogens is 4. The molecule has 0 bridgehead atoms. The first kappa shape index (κ1) is 17.1. The van der Waals surface area contributed by atoms with E-state index in [4.69, 9.17) is 4.74 Å². The van der Waals surface area contributed by atoms with E-state index in [0.717, 1.165) is 18.4 Å². The normalized spacial score (nSPS) is 14.9. The standard InChI is InChI=1S/C19H18FN5O2/c20-15-5-3-14(4-6-15)18-13-22-25(23-18)16-7-10-24(11-8-16)19(26)27-17-2-1-9-21-12-17/h1-6,9,12-13,16H,7-8,10-11H2. The van der Waals surface area contributed by atoms with E-state index < -0.39 is 0 Å². The van der Waals surface area contributed by atoms with Crippen LogP contribution < -0.4 is 4.74 Å². The van der Waals surface area contributed by atoms with Gasteiger partial charge in [0.05, 0.1) is 18.4 Å². The molecule has 2 aromatic heterocycles. The van der Waals surface area contributed by atoms with E-state index in [-0.39, 0.29) is 18.0 Å². The van der Waals surface area contributed by atoms with Gasteiger partial charge in [-0.3, -0.25) is 4.98 Å².